The van der Waals surface area contributed by atoms with Crippen LogP contribution in [-0.2, 0) is 11.2 Å². The molecule has 2 atom stereocenters. The molecule has 20 heavy (non-hydrogen) atoms. The van der Waals surface area contributed by atoms with E-state index in [0.717, 1.165) is 32.3 Å². The minimum atomic E-state index is -0.498. The summed E-state index contributed by atoms with van der Waals surface area (Å²) in [5, 5.41) is 3.14. The van der Waals surface area contributed by atoms with E-state index in [2.05, 4.69) is 21.2 Å². The van der Waals surface area contributed by atoms with E-state index < -0.39 is 11.6 Å². The molecule has 0 aliphatic carbocycles. The molecule has 1 N–H and O–H groups in total. The first-order chi connectivity index (χ1) is 9.61. The first-order valence-electron chi connectivity index (χ1n) is 7.03. The zero-order chi connectivity index (χ0) is 14.5. The quantitative estimate of drug-likeness (QED) is 0.790. The smallest absolute Gasteiger partial charge is 0.143 e. The minimum Gasteiger partial charge on any atom is -0.378 e. The maximum atomic E-state index is 14.0. The van der Waals surface area contributed by atoms with E-state index in [-0.39, 0.29) is 11.6 Å². The summed E-state index contributed by atoms with van der Waals surface area (Å²) in [4.78, 5) is 0. The molecule has 2 nitrogen and oxygen atoms in total. The summed E-state index contributed by atoms with van der Waals surface area (Å²) in [5.41, 5.74) is 0.145. The standard InChI is InChI=1S/C15H20BrF2NO/c1-19-10(4-5-11-3-2-8-20-11)9-12-14(17)7-6-13(16)15(12)18/h6-7,10-11,19H,2-5,8-9H2,1H3. The lowest BCUT2D eigenvalue weighted by molar-refractivity contribution is 0.0998. The molecule has 2 unspecified atom stereocenters. The Kier molecular flexibility index (Phi) is 5.93. The van der Waals surface area contributed by atoms with Gasteiger partial charge in [0.15, 0.2) is 0 Å². The number of halogens is 3. The van der Waals surface area contributed by atoms with Crippen molar-refractivity contribution in [3.8, 4) is 0 Å². The summed E-state index contributed by atoms with van der Waals surface area (Å²) in [5.74, 6) is -0.981. The lowest BCUT2D eigenvalue weighted by atomic mass is 9.99. The molecule has 0 amide bonds. The van der Waals surface area contributed by atoms with Crippen molar-refractivity contribution in [3.63, 3.8) is 0 Å². The predicted molar refractivity (Wildman–Crippen MR) is 78.8 cm³/mol. The van der Waals surface area contributed by atoms with Gasteiger partial charge in [-0.05, 0) is 67.2 Å². The second-order valence-electron chi connectivity index (χ2n) is 5.22. The van der Waals surface area contributed by atoms with Gasteiger partial charge in [-0.2, -0.15) is 0 Å². The number of rotatable bonds is 6. The molecule has 0 saturated carbocycles. The monoisotopic (exact) mass is 347 g/mol. The van der Waals surface area contributed by atoms with E-state index in [1.807, 2.05) is 7.05 Å². The summed E-state index contributed by atoms with van der Waals surface area (Å²) in [6.45, 7) is 0.837. The van der Waals surface area contributed by atoms with Crippen LogP contribution in [0.25, 0.3) is 0 Å². The minimum absolute atomic E-state index is 0.0532. The van der Waals surface area contributed by atoms with Crippen molar-refractivity contribution in [2.24, 2.45) is 0 Å². The first kappa shape index (κ1) is 15.9. The molecule has 0 aromatic heterocycles. The molecule has 2 rings (SSSR count). The lowest BCUT2D eigenvalue weighted by Gasteiger charge is -2.19. The Bertz CT molecular complexity index is 450. The van der Waals surface area contributed by atoms with E-state index >= 15 is 0 Å². The van der Waals surface area contributed by atoms with Crippen molar-refractivity contribution in [2.75, 3.05) is 13.7 Å². The molecule has 0 radical (unpaired) electrons. The van der Waals surface area contributed by atoms with Crippen LogP contribution in [-0.4, -0.2) is 25.8 Å². The lowest BCUT2D eigenvalue weighted by Crippen LogP contribution is -2.29. The van der Waals surface area contributed by atoms with Gasteiger partial charge in [0.1, 0.15) is 11.6 Å². The summed E-state index contributed by atoms with van der Waals surface area (Å²) in [7, 11) is 1.83. The zero-order valence-electron chi connectivity index (χ0n) is 11.6. The van der Waals surface area contributed by atoms with E-state index in [1.165, 1.54) is 12.1 Å². The highest BCUT2D eigenvalue weighted by molar-refractivity contribution is 9.10. The number of nitrogens with one attached hydrogen (secondary N) is 1. The Balaban J connectivity index is 1.97. The second-order valence-corrected chi connectivity index (χ2v) is 6.08. The van der Waals surface area contributed by atoms with Gasteiger partial charge in [-0.25, -0.2) is 8.78 Å². The number of benzene rings is 1. The molecular formula is C15H20BrF2NO. The van der Waals surface area contributed by atoms with E-state index in [9.17, 15) is 8.78 Å². The van der Waals surface area contributed by atoms with Gasteiger partial charge in [0.25, 0.3) is 0 Å². The predicted octanol–water partition coefficient (Wildman–Crippen LogP) is 3.82. The van der Waals surface area contributed by atoms with Gasteiger partial charge in [-0.15, -0.1) is 0 Å². The van der Waals surface area contributed by atoms with Crippen molar-refractivity contribution in [1.82, 2.24) is 5.32 Å². The molecular weight excluding hydrogens is 328 g/mol. The van der Waals surface area contributed by atoms with Gasteiger partial charge in [0.05, 0.1) is 10.6 Å². The Morgan fingerprint density at radius 2 is 2.25 bits per heavy atom. The Hall–Kier alpha value is -0.520. The summed E-state index contributed by atoms with van der Waals surface area (Å²) in [6.07, 6.45) is 4.65. The van der Waals surface area contributed by atoms with Crippen molar-refractivity contribution in [3.05, 3.63) is 33.8 Å². The molecule has 112 valence electrons. The van der Waals surface area contributed by atoms with Crippen LogP contribution >= 0.6 is 15.9 Å². The SMILES string of the molecule is CNC(CCC1CCCO1)Cc1c(F)ccc(Br)c1F. The molecule has 1 heterocycles. The van der Waals surface area contributed by atoms with Crippen LogP contribution in [0.2, 0.25) is 0 Å². The number of ether oxygens (including phenoxy) is 1. The summed E-state index contributed by atoms with van der Waals surface area (Å²) in [6, 6.07) is 2.75. The van der Waals surface area contributed by atoms with Crippen molar-refractivity contribution in [1.29, 1.82) is 0 Å². The van der Waals surface area contributed by atoms with Crippen LogP contribution in [0.3, 0.4) is 0 Å². The van der Waals surface area contributed by atoms with E-state index in [0.29, 0.717) is 17.0 Å². The van der Waals surface area contributed by atoms with Gasteiger partial charge >= 0.3 is 0 Å². The molecule has 1 aliphatic rings. The normalized spacial score (nSPS) is 20.3. The highest BCUT2D eigenvalue weighted by Crippen LogP contribution is 2.24. The van der Waals surface area contributed by atoms with Crippen molar-refractivity contribution < 1.29 is 13.5 Å². The number of hydrogen-bond acceptors (Lipinski definition) is 2. The third-order valence-electron chi connectivity index (χ3n) is 3.86. The topological polar surface area (TPSA) is 21.3 Å². The number of likely N-dealkylation sites (N-methyl/N-ethyl adjacent to an activating group) is 1. The Labute approximate surface area is 127 Å². The molecule has 5 heteroatoms. The van der Waals surface area contributed by atoms with Crippen molar-refractivity contribution >= 4 is 15.9 Å². The van der Waals surface area contributed by atoms with Gasteiger partial charge in [0.2, 0.25) is 0 Å². The van der Waals surface area contributed by atoms with Crippen LogP contribution in [0.5, 0.6) is 0 Å². The number of hydrogen-bond donors (Lipinski definition) is 1. The van der Waals surface area contributed by atoms with E-state index in [4.69, 9.17) is 4.74 Å². The van der Waals surface area contributed by atoms with Gasteiger partial charge in [-0.1, -0.05) is 0 Å². The highest BCUT2D eigenvalue weighted by atomic mass is 79.9. The molecule has 1 saturated heterocycles. The van der Waals surface area contributed by atoms with Gasteiger partial charge in [0, 0.05) is 18.2 Å². The largest absolute Gasteiger partial charge is 0.378 e. The Morgan fingerprint density at radius 1 is 1.45 bits per heavy atom. The fourth-order valence-electron chi connectivity index (χ4n) is 2.61. The molecule has 1 fully saturated rings. The average molecular weight is 348 g/mol. The maximum absolute atomic E-state index is 14.0. The maximum Gasteiger partial charge on any atom is 0.143 e. The molecule has 0 spiro atoms. The molecule has 1 aromatic rings. The Morgan fingerprint density at radius 3 is 2.90 bits per heavy atom. The zero-order valence-corrected chi connectivity index (χ0v) is 13.2. The fraction of sp³-hybridized carbons (Fsp3) is 0.600. The van der Waals surface area contributed by atoms with Gasteiger partial charge < -0.3 is 10.1 Å². The summed E-state index contributed by atoms with van der Waals surface area (Å²) >= 11 is 3.10. The summed E-state index contributed by atoms with van der Waals surface area (Å²) < 4.78 is 33.6. The van der Waals surface area contributed by atoms with Crippen molar-refractivity contribution in [2.45, 2.75) is 44.2 Å². The van der Waals surface area contributed by atoms with Crippen LogP contribution < -0.4 is 5.32 Å². The fourth-order valence-corrected chi connectivity index (χ4v) is 2.98. The second kappa shape index (κ2) is 7.48. The third kappa shape index (κ3) is 3.99. The highest BCUT2D eigenvalue weighted by Gasteiger charge is 2.20. The van der Waals surface area contributed by atoms with E-state index in [1.54, 1.807) is 0 Å². The van der Waals surface area contributed by atoms with Crippen LogP contribution in [0.1, 0.15) is 31.2 Å². The van der Waals surface area contributed by atoms with Gasteiger partial charge in [-0.3, -0.25) is 0 Å². The molecule has 1 aromatic carbocycles. The third-order valence-corrected chi connectivity index (χ3v) is 4.47. The first-order valence-corrected chi connectivity index (χ1v) is 7.82. The molecule has 0 bridgehead atoms. The van der Waals surface area contributed by atoms with Crippen LogP contribution in [0, 0.1) is 11.6 Å². The average Bonchev–Trinajstić information content (AvgIpc) is 2.96. The van der Waals surface area contributed by atoms with Crippen LogP contribution in [0.4, 0.5) is 8.78 Å². The molecule has 1 aliphatic heterocycles. The van der Waals surface area contributed by atoms with Crippen LogP contribution in [0.15, 0.2) is 16.6 Å².